The van der Waals surface area contributed by atoms with Crippen molar-refractivity contribution in [2.24, 2.45) is 5.92 Å². The molecule has 1 rings (SSSR count). The lowest BCUT2D eigenvalue weighted by Gasteiger charge is -2.28. The van der Waals surface area contributed by atoms with E-state index in [2.05, 4.69) is 12.7 Å². The molecule has 2 unspecified atom stereocenters. The molecular formula is C15H22O2. The summed E-state index contributed by atoms with van der Waals surface area (Å²) in [5.74, 6) is 0.218. The van der Waals surface area contributed by atoms with Crippen molar-refractivity contribution in [2.45, 2.75) is 46.6 Å². The van der Waals surface area contributed by atoms with Gasteiger partial charge in [-0.2, -0.15) is 0 Å². The molecule has 94 valence electrons. The van der Waals surface area contributed by atoms with Crippen LogP contribution in [0.1, 0.15) is 40.5 Å². The molecule has 0 aromatic carbocycles. The van der Waals surface area contributed by atoms with Crippen LogP contribution in [0.15, 0.2) is 35.5 Å². The normalized spacial score (nSPS) is 25.2. The van der Waals surface area contributed by atoms with Crippen LogP contribution in [0, 0.1) is 5.92 Å². The number of carbonyl (C=O) groups is 1. The number of esters is 1. The third-order valence-corrected chi connectivity index (χ3v) is 3.43. The third-order valence-electron chi connectivity index (χ3n) is 3.43. The van der Waals surface area contributed by atoms with Gasteiger partial charge in [-0.25, -0.2) is 4.79 Å². The van der Waals surface area contributed by atoms with Gasteiger partial charge in [-0.05, 0) is 52.0 Å². The van der Waals surface area contributed by atoms with Gasteiger partial charge in [0.1, 0.15) is 6.10 Å². The lowest BCUT2D eigenvalue weighted by molar-refractivity contribution is -0.143. The highest BCUT2D eigenvalue weighted by Gasteiger charge is 2.25. The van der Waals surface area contributed by atoms with Gasteiger partial charge in [0.15, 0.2) is 0 Å². The second-order valence-corrected chi connectivity index (χ2v) is 4.83. The molecule has 17 heavy (non-hydrogen) atoms. The molecule has 0 N–H and O–H groups in total. The lowest BCUT2D eigenvalue weighted by atomic mass is 9.84. The molecular weight excluding hydrogens is 212 g/mol. The second-order valence-electron chi connectivity index (χ2n) is 4.83. The zero-order valence-corrected chi connectivity index (χ0v) is 11.2. The summed E-state index contributed by atoms with van der Waals surface area (Å²) in [4.78, 5) is 11.7. The summed E-state index contributed by atoms with van der Waals surface area (Å²) in [5.41, 5.74) is 2.98. The van der Waals surface area contributed by atoms with Crippen LogP contribution in [0.2, 0.25) is 0 Å². The van der Waals surface area contributed by atoms with Gasteiger partial charge in [0.2, 0.25) is 0 Å². The fourth-order valence-electron chi connectivity index (χ4n) is 1.88. The highest BCUT2D eigenvalue weighted by Crippen LogP contribution is 2.30. The van der Waals surface area contributed by atoms with Crippen molar-refractivity contribution in [1.29, 1.82) is 0 Å². The van der Waals surface area contributed by atoms with Gasteiger partial charge >= 0.3 is 5.97 Å². The minimum Gasteiger partial charge on any atom is -0.454 e. The molecule has 2 atom stereocenters. The van der Waals surface area contributed by atoms with E-state index in [1.54, 1.807) is 13.0 Å². The van der Waals surface area contributed by atoms with Gasteiger partial charge in [0.05, 0.1) is 0 Å². The van der Waals surface area contributed by atoms with Crippen molar-refractivity contribution in [3.63, 3.8) is 0 Å². The molecule has 0 saturated heterocycles. The molecule has 0 heterocycles. The molecule has 0 saturated carbocycles. The fraction of sp³-hybridized carbons (Fsp3) is 0.533. The Labute approximate surface area is 104 Å². The highest BCUT2D eigenvalue weighted by atomic mass is 16.5. The quantitative estimate of drug-likeness (QED) is 0.422. The van der Waals surface area contributed by atoms with E-state index in [0.29, 0.717) is 11.5 Å². The number of ether oxygens (including phenoxy) is 1. The molecule has 1 aliphatic carbocycles. The van der Waals surface area contributed by atoms with E-state index in [9.17, 15) is 4.79 Å². The van der Waals surface area contributed by atoms with Crippen molar-refractivity contribution >= 4 is 5.97 Å². The SMILES string of the molecule is C=C(C)C1CC=C(C)C(OC(=O)/C(C)=C/C)C1. The minimum atomic E-state index is -0.215. The monoisotopic (exact) mass is 234 g/mol. The summed E-state index contributed by atoms with van der Waals surface area (Å²) in [5, 5.41) is 0. The largest absolute Gasteiger partial charge is 0.454 e. The Bertz CT molecular complexity index is 374. The van der Waals surface area contributed by atoms with Crippen molar-refractivity contribution in [1.82, 2.24) is 0 Å². The molecule has 0 aromatic rings. The summed E-state index contributed by atoms with van der Waals surface area (Å²) in [6, 6.07) is 0. The average Bonchev–Trinajstić information content (AvgIpc) is 2.30. The first kappa shape index (κ1) is 13.8. The number of carbonyl (C=O) groups excluding carboxylic acids is 1. The van der Waals surface area contributed by atoms with E-state index in [1.165, 1.54) is 0 Å². The topological polar surface area (TPSA) is 26.3 Å². The van der Waals surface area contributed by atoms with Crippen LogP contribution in [0.5, 0.6) is 0 Å². The molecule has 0 bridgehead atoms. The van der Waals surface area contributed by atoms with E-state index in [0.717, 1.165) is 24.0 Å². The zero-order valence-electron chi connectivity index (χ0n) is 11.2. The van der Waals surface area contributed by atoms with Crippen LogP contribution in [0.3, 0.4) is 0 Å². The Hall–Kier alpha value is -1.31. The smallest absolute Gasteiger partial charge is 0.333 e. The molecule has 2 nitrogen and oxygen atoms in total. The Kier molecular flexibility index (Phi) is 4.73. The van der Waals surface area contributed by atoms with Crippen LogP contribution in [-0.4, -0.2) is 12.1 Å². The Morgan fingerprint density at radius 3 is 2.71 bits per heavy atom. The van der Waals surface area contributed by atoms with Crippen LogP contribution < -0.4 is 0 Å². The summed E-state index contributed by atoms with van der Waals surface area (Å²) in [6.45, 7) is 11.7. The first-order valence-electron chi connectivity index (χ1n) is 6.11. The van der Waals surface area contributed by atoms with E-state index >= 15 is 0 Å². The number of allylic oxidation sites excluding steroid dienone is 3. The van der Waals surface area contributed by atoms with E-state index in [-0.39, 0.29) is 12.1 Å². The minimum absolute atomic E-state index is 0.0900. The van der Waals surface area contributed by atoms with Crippen molar-refractivity contribution < 1.29 is 9.53 Å². The molecule has 0 aliphatic heterocycles. The van der Waals surface area contributed by atoms with Gasteiger partial charge < -0.3 is 4.74 Å². The molecule has 0 radical (unpaired) electrons. The summed E-state index contributed by atoms with van der Waals surface area (Å²) in [6.07, 6.45) is 5.72. The summed E-state index contributed by atoms with van der Waals surface area (Å²) in [7, 11) is 0. The number of hydrogen-bond acceptors (Lipinski definition) is 2. The van der Waals surface area contributed by atoms with Gasteiger partial charge in [0, 0.05) is 5.57 Å². The highest BCUT2D eigenvalue weighted by molar-refractivity contribution is 5.87. The number of hydrogen-bond donors (Lipinski definition) is 0. The molecule has 2 heteroatoms. The van der Waals surface area contributed by atoms with Crippen molar-refractivity contribution in [3.8, 4) is 0 Å². The number of rotatable bonds is 3. The van der Waals surface area contributed by atoms with E-state index < -0.39 is 0 Å². The lowest BCUT2D eigenvalue weighted by Crippen LogP contribution is -2.26. The molecule has 1 aliphatic rings. The second kappa shape index (κ2) is 5.85. The maximum atomic E-state index is 11.7. The fourth-order valence-corrected chi connectivity index (χ4v) is 1.88. The Morgan fingerprint density at radius 2 is 2.18 bits per heavy atom. The van der Waals surface area contributed by atoms with Gasteiger partial charge in [-0.15, -0.1) is 0 Å². The molecule has 0 spiro atoms. The average molecular weight is 234 g/mol. The van der Waals surface area contributed by atoms with Crippen LogP contribution in [0.25, 0.3) is 0 Å². The standard InChI is InChI=1S/C15H22O2/c1-6-11(4)15(16)17-14-9-13(10(2)3)8-7-12(14)5/h6-7,13-14H,2,8-9H2,1,3-5H3/b11-6+. The molecule has 0 aromatic heterocycles. The van der Waals surface area contributed by atoms with Gasteiger partial charge in [0.25, 0.3) is 0 Å². The first-order valence-corrected chi connectivity index (χ1v) is 6.11. The van der Waals surface area contributed by atoms with E-state index in [4.69, 9.17) is 4.74 Å². The van der Waals surface area contributed by atoms with Crippen molar-refractivity contribution in [2.75, 3.05) is 0 Å². The summed E-state index contributed by atoms with van der Waals surface area (Å²) >= 11 is 0. The van der Waals surface area contributed by atoms with Gasteiger partial charge in [-0.3, -0.25) is 0 Å². The van der Waals surface area contributed by atoms with E-state index in [1.807, 2.05) is 20.8 Å². The van der Waals surface area contributed by atoms with Crippen LogP contribution >= 0.6 is 0 Å². The molecule has 0 fully saturated rings. The third kappa shape index (κ3) is 3.58. The maximum Gasteiger partial charge on any atom is 0.333 e. The molecule has 0 amide bonds. The first-order chi connectivity index (χ1) is 7.95. The Balaban J connectivity index is 2.70. The van der Waals surface area contributed by atoms with Crippen LogP contribution in [0.4, 0.5) is 0 Å². The summed E-state index contributed by atoms with van der Waals surface area (Å²) < 4.78 is 5.52. The predicted molar refractivity (Wildman–Crippen MR) is 70.6 cm³/mol. The maximum absolute atomic E-state index is 11.7. The Morgan fingerprint density at radius 1 is 1.53 bits per heavy atom. The van der Waals surface area contributed by atoms with Crippen molar-refractivity contribution in [3.05, 3.63) is 35.5 Å². The predicted octanol–water partition coefficient (Wildman–Crippen LogP) is 3.80. The zero-order chi connectivity index (χ0) is 13.0. The van der Waals surface area contributed by atoms with Crippen LogP contribution in [-0.2, 0) is 9.53 Å². The van der Waals surface area contributed by atoms with Gasteiger partial charge in [-0.1, -0.05) is 24.3 Å².